The lowest BCUT2D eigenvalue weighted by molar-refractivity contribution is -0.161. The summed E-state index contributed by atoms with van der Waals surface area (Å²) in [6.07, 6.45) is 36.5. The van der Waals surface area contributed by atoms with Crippen LogP contribution >= 0.6 is 15.6 Å². The number of rotatable bonds is 62. The molecule has 0 aliphatic rings. The number of unbranched alkanes of at least 4 members (excludes halogenated alkanes) is 29. The van der Waals surface area contributed by atoms with Gasteiger partial charge in [0.2, 0.25) is 0 Å². The number of aliphatic hydroxyl groups is 1. The summed E-state index contributed by atoms with van der Waals surface area (Å²) in [6, 6.07) is 0. The van der Waals surface area contributed by atoms with E-state index in [-0.39, 0.29) is 25.7 Å². The molecule has 0 fully saturated rings. The van der Waals surface area contributed by atoms with E-state index >= 15 is 0 Å². The summed E-state index contributed by atoms with van der Waals surface area (Å²) < 4.78 is 67.8. The zero-order valence-corrected chi connectivity index (χ0v) is 55.4. The van der Waals surface area contributed by atoms with Crippen LogP contribution in [0.1, 0.15) is 312 Å². The number of phosphoric ester groups is 2. The minimum Gasteiger partial charge on any atom is -0.462 e. The van der Waals surface area contributed by atoms with Gasteiger partial charge in [0.1, 0.15) is 19.3 Å². The van der Waals surface area contributed by atoms with E-state index in [0.717, 1.165) is 114 Å². The van der Waals surface area contributed by atoms with E-state index in [0.29, 0.717) is 25.7 Å². The number of phosphoric acid groups is 2. The van der Waals surface area contributed by atoms with Crippen LogP contribution in [0.4, 0.5) is 0 Å². The zero-order valence-electron chi connectivity index (χ0n) is 53.6. The van der Waals surface area contributed by atoms with Crippen LogP contribution in [-0.4, -0.2) is 96.7 Å². The van der Waals surface area contributed by atoms with Gasteiger partial charge in [0.05, 0.1) is 26.4 Å². The van der Waals surface area contributed by atoms with Gasteiger partial charge in [-0.25, -0.2) is 9.13 Å². The predicted molar refractivity (Wildman–Crippen MR) is 331 cm³/mol. The lowest BCUT2D eigenvalue weighted by Gasteiger charge is -2.21. The minimum atomic E-state index is -4.94. The van der Waals surface area contributed by atoms with Crippen LogP contribution in [0, 0.1) is 17.8 Å². The molecule has 0 aromatic rings. The van der Waals surface area contributed by atoms with Gasteiger partial charge in [-0.2, -0.15) is 0 Å². The molecule has 3 unspecified atom stereocenters. The van der Waals surface area contributed by atoms with Crippen LogP contribution < -0.4 is 0 Å². The maximum absolute atomic E-state index is 13.0. The smallest absolute Gasteiger partial charge is 0.462 e. The van der Waals surface area contributed by atoms with Crippen molar-refractivity contribution in [1.82, 2.24) is 0 Å². The van der Waals surface area contributed by atoms with E-state index in [9.17, 15) is 43.2 Å². The Bertz CT molecular complexity index is 1650. The molecule has 0 spiro atoms. The second kappa shape index (κ2) is 55.4. The first-order valence-electron chi connectivity index (χ1n) is 33.4. The van der Waals surface area contributed by atoms with E-state index in [1.165, 1.54) is 116 Å². The second-order valence-corrected chi connectivity index (χ2v) is 27.3. The normalized spacial score (nSPS) is 14.7. The fraction of sp³-hybridized carbons (Fsp3) is 0.938. The van der Waals surface area contributed by atoms with Gasteiger partial charge in [0, 0.05) is 25.7 Å². The molecular formula is C64H124O17P2. The van der Waals surface area contributed by atoms with Crippen LogP contribution in [0.15, 0.2) is 0 Å². The predicted octanol–water partition coefficient (Wildman–Crippen LogP) is 17.5. The summed E-state index contributed by atoms with van der Waals surface area (Å²) in [5.41, 5.74) is 0. The number of hydrogen-bond acceptors (Lipinski definition) is 15. The van der Waals surface area contributed by atoms with E-state index in [1.807, 2.05) is 0 Å². The molecule has 0 heterocycles. The topological polar surface area (TPSA) is 237 Å². The molecule has 0 rings (SSSR count). The SMILES string of the molecule is CCCCCCCC(=O)OC[C@H](COP(=O)(O)OC[C@H](O)COP(=O)(O)OC[C@@H](COC(=O)CCCCCCCCCCCC(C)C)OC(=O)CCCCCCCCCCCCC(C)CC)OC(=O)CCCCCCCCCCCC(C)C. The molecule has 0 aliphatic heterocycles. The van der Waals surface area contributed by atoms with Crippen LogP contribution in [0.2, 0.25) is 0 Å². The first-order valence-corrected chi connectivity index (χ1v) is 36.4. The third-order valence-electron chi connectivity index (χ3n) is 15.0. The van der Waals surface area contributed by atoms with Gasteiger partial charge in [-0.15, -0.1) is 0 Å². The van der Waals surface area contributed by atoms with Crippen LogP contribution in [0.5, 0.6) is 0 Å². The first kappa shape index (κ1) is 81.1. The van der Waals surface area contributed by atoms with Crippen molar-refractivity contribution in [2.75, 3.05) is 39.6 Å². The number of hydrogen-bond donors (Lipinski definition) is 3. The van der Waals surface area contributed by atoms with Crippen molar-refractivity contribution in [3.63, 3.8) is 0 Å². The summed E-state index contributed by atoms with van der Waals surface area (Å²) in [4.78, 5) is 72.0. The Kier molecular flexibility index (Phi) is 54.1. The third-order valence-corrected chi connectivity index (χ3v) is 16.9. The molecule has 19 heteroatoms. The maximum atomic E-state index is 13.0. The minimum absolute atomic E-state index is 0.104. The average molecular weight is 1230 g/mol. The molecular weight excluding hydrogens is 1100 g/mol. The molecule has 0 saturated carbocycles. The van der Waals surface area contributed by atoms with Crippen molar-refractivity contribution >= 4 is 39.5 Å². The van der Waals surface area contributed by atoms with E-state index in [4.69, 9.17) is 37.0 Å². The Hall–Kier alpha value is -1.94. The van der Waals surface area contributed by atoms with Crippen molar-refractivity contribution in [2.24, 2.45) is 17.8 Å². The molecule has 0 aliphatic carbocycles. The van der Waals surface area contributed by atoms with Gasteiger partial charge < -0.3 is 33.8 Å². The third kappa shape index (κ3) is 57.6. The Morgan fingerprint density at radius 1 is 0.349 bits per heavy atom. The second-order valence-electron chi connectivity index (χ2n) is 24.3. The Balaban J connectivity index is 5.19. The van der Waals surface area contributed by atoms with Crippen molar-refractivity contribution in [2.45, 2.75) is 330 Å². The molecule has 6 atom stereocenters. The van der Waals surface area contributed by atoms with Crippen molar-refractivity contribution in [1.29, 1.82) is 0 Å². The van der Waals surface area contributed by atoms with Crippen LogP contribution in [-0.2, 0) is 65.4 Å². The highest BCUT2D eigenvalue weighted by Gasteiger charge is 2.30. The Labute approximate surface area is 505 Å². The van der Waals surface area contributed by atoms with Gasteiger partial charge in [0.25, 0.3) is 0 Å². The first-order chi connectivity index (χ1) is 39.8. The van der Waals surface area contributed by atoms with Gasteiger partial charge >= 0.3 is 39.5 Å². The molecule has 0 saturated heterocycles. The fourth-order valence-electron chi connectivity index (χ4n) is 9.45. The number of carbonyl (C=O) groups is 4. The summed E-state index contributed by atoms with van der Waals surface area (Å²) in [6.45, 7) is 11.7. The van der Waals surface area contributed by atoms with Gasteiger partial charge in [-0.3, -0.25) is 37.3 Å². The number of ether oxygens (including phenoxy) is 4. The van der Waals surface area contributed by atoms with Gasteiger partial charge in [-0.05, 0) is 43.4 Å². The number of aliphatic hydroxyl groups excluding tert-OH is 1. The van der Waals surface area contributed by atoms with Crippen molar-refractivity contribution in [3.8, 4) is 0 Å². The molecule has 3 N–H and O–H groups in total. The van der Waals surface area contributed by atoms with Crippen molar-refractivity contribution in [3.05, 3.63) is 0 Å². The Morgan fingerprint density at radius 3 is 0.916 bits per heavy atom. The van der Waals surface area contributed by atoms with E-state index < -0.39 is 97.5 Å². The van der Waals surface area contributed by atoms with E-state index in [2.05, 4.69) is 48.5 Å². The maximum Gasteiger partial charge on any atom is 0.472 e. The van der Waals surface area contributed by atoms with Gasteiger partial charge in [0.15, 0.2) is 12.2 Å². The molecule has 0 amide bonds. The monoisotopic (exact) mass is 1230 g/mol. The summed E-state index contributed by atoms with van der Waals surface area (Å²) >= 11 is 0. The van der Waals surface area contributed by atoms with E-state index in [1.54, 1.807) is 0 Å². The number of esters is 4. The van der Waals surface area contributed by atoms with Gasteiger partial charge in [-0.1, -0.05) is 260 Å². The molecule has 17 nitrogen and oxygen atoms in total. The molecule has 0 aromatic heterocycles. The lowest BCUT2D eigenvalue weighted by Crippen LogP contribution is -2.30. The molecule has 492 valence electrons. The average Bonchev–Trinajstić information content (AvgIpc) is 3.45. The highest BCUT2D eigenvalue weighted by atomic mass is 31.2. The van der Waals surface area contributed by atoms with Crippen LogP contribution in [0.25, 0.3) is 0 Å². The fourth-order valence-corrected chi connectivity index (χ4v) is 11.0. The quantitative estimate of drug-likeness (QED) is 0.0222. The summed E-state index contributed by atoms with van der Waals surface area (Å²) in [5.74, 6) is 0.137. The lowest BCUT2D eigenvalue weighted by atomic mass is 9.99. The van der Waals surface area contributed by atoms with Crippen LogP contribution in [0.3, 0.4) is 0 Å². The summed E-state index contributed by atoms with van der Waals surface area (Å²) in [5, 5.41) is 10.5. The zero-order chi connectivity index (χ0) is 61.7. The van der Waals surface area contributed by atoms with Crippen molar-refractivity contribution < 1.29 is 80.2 Å². The highest BCUT2D eigenvalue weighted by molar-refractivity contribution is 7.47. The molecule has 0 radical (unpaired) electrons. The summed E-state index contributed by atoms with van der Waals surface area (Å²) in [7, 11) is -9.88. The largest absolute Gasteiger partial charge is 0.472 e. The molecule has 0 bridgehead atoms. The highest BCUT2D eigenvalue weighted by Crippen LogP contribution is 2.45. The number of carbonyl (C=O) groups excluding carboxylic acids is 4. The molecule has 83 heavy (non-hydrogen) atoms. The Morgan fingerprint density at radius 2 is 0.614 bits per heavy atom. The standard InChI is InChI=1S/C64H124O17P2/c1-8-10-11-28-38-45-61(66)74-51-59(80-64(69)48-41-34-27-21-15-17-23-30-36-43-56(5)6)53-78-82(70,71)76-49-58(65)50-77-83(72,73)79-54-60(52-75-62(67)46-39-32-25-20-14-16-22-29-35-42-55(3)4)81-63(68)47-40-33-26-19-13-12-18-24-31-37-44-57(7)9-2/h55-60,65H,8-54H2,1-7H3,(H,70,71)(H,72,73)/t57?,58-,59+,60+/m0/s1. The molecule has 0 aromatic carbocycles.